The number of hydrogen-bond donors (Lipinski definition) is 0. The van der Waals surface area contributed by atoms with Crippen molar-refractivity contribution in [2.45, 2.75) is 38.4 Å². The lowest BCUT2D eigenvalue weighted by atomic mass is 9.98. The highest BCUT2D eigenvalue weighted by Gasteiger charge is 2.22. The topological polar surface area (TPSA) is 17.1 Å². The number of benzene rings is 1. The van der Waals surface area contributed by atoms with Gasteiger partial charge in [0.15, 0.2) is 0 Å². The maximum absolute atomic E-state index is 12.2. The third kappa shape index (κ3) is 5.92. The second kappa shape index (κ2) is 7.25. The molecule has 1 aromatic rings. The summed E-state index contributed by atoms with van der Waals surface area (Å²) >= 11 is 5.89. The van der Waals surface area contributed by atoms with Crippen LogP contribution in [0.3, 0.4) is 0 Å². The van der Waals surface area contributed by atoms with Gasteiger partial charge in [-0.1, -0.05) is 29.8 Å². The number of halogens is 1. The van der Waals surface area contributed by atoms with Crippen molar-refractivity contribution in [2.24, 2.45) is 5.92 Å². The molecule has 19 heavy (non-hydrogen) atoms. The van der Waals surface area contributed by atoms with Crippen LogP contribution in [0.1, 0.15) is 32.8 Å². The Balaban J connectivity index is 2.70. The van der Waals surface area contributed by atoms with E-state index in [-0.39, 0.29) is 4.75 Å². The van der Waals surface area contributed by atoms with Gasteiger partial charge in [0.25, 0.3) is 0 Å². The van der Waals surface area contributed by atoms with Gasteiger partial charge < -0.3 is 0 Å². The predicted octanol–water partition coefficient (Wildman–Crippen LogP) is 4.62. The first-order chi connectivity index (χ1) is 8.82. The molecule has 3 heteroatoms. The van der Waals surface area contributed by atoms with Crippen molar-refractivity contribution in [1.29, 1.82) is 0 Å². The molecule has 0 radical (unpaired) electrons. The fourth-order valence-corrected chi connectivity index (χ4v) is 3.17. The van der Waals surface area contributed by atoms with E-state index in [4.69, 9.17) is 11.6 Å². The highest BCUT2D eigenvalue weighted by molar-refractivity contribution is 7.86. The quantitative estimate of drug-likeness (QED) is 0.700. The number of rotatable bonds is 6. The Morgan fingerprint density at radius 1 is 1.32 bits per heavy atom. The van der Waals surface area contributed by atoms with Gasteiger partial charge in [-0.3, -0.25) is 4.21 Å². The first-order valence-corrected chi connectivity index (χ1v) is 8.26. The summed E-state index contributed by atoms with van der Waals surface area (Å²) in [5, 5.41) is 0.752. The van der Waals surface area contributed by atoms with Crippen LogP contribution in [0.25, 0.3) is 0 Å². The largest absolute Gasteiger partial charge is 0.259 e. The Bertz CT molecular complexity index is 431. The van der Waals surface area contributed by atoms with E-state index in [2.05, 4.69) is 6.58 Å². The minimum atomic E-state index is -0.821. The molecule has 0 amide bonds. The monoisotopic (exact) mass is 298 g/mol. The molecule has 0 aromatic heterocycles. The second-order valence-corrected chi connectivity index (χ2v) is 8.53. The van der Waals surface area contributed by atoms with Crippen molar-refractivity contribution in [3.8, 4) is 0 Å². The molecule has 1 unspecified atom stereocenters. The molecule has 0 saturated heterocycles. The van der Waals surface area contributed by atoms with Crippen LogP contribution in [0, 0.1) is 5.92 Å². The van der Waals surface area contributed by atoms with Gasteiger partial charge in [0.05, 0.1) is 0 Å². The third-order valence-electron chi connectivity index (χ3n) is 3.01. The third-order valence-corrected chi connectivity index (χ3v) is 5.40. The van der Waals surface area contributed by atoms with Gasteiger partial charge in [0, 0.05) is 26.3 Å². The van der Waals surface area contributed by atoms with Gasteiger partial charge in [0.1, 0.15) is 0 Å². The fraction of sp³-hybridized carbons (Fsp3) is 0.500. The van der Waals surface area contributed by atoms with Crippen molar-refractivity contribution in [3.63, 3.8) is 0 Å². The summed E-state index contributed by atoms with van der Waals surface area (Å²) in [6, 6.07) is 7.89. The summed E-state index contributed by atoms with van der Waals surface area (Å²) < 4.78 is 12.1. The molecule has 0 N–H and O–H groups in total. The molecule has 0 aliphatic carbocycles. The van der Waals surface area contributed by atoms with E-state index in [1.807, 2.05) is 51.1 Å². The lowest BCUT2D eigenvalue weighted by Gasteiger charge is -2.22. The molecule has 0 aliphatic heterocycles. The predicted molar refractivity (Wildman–Crippen MR) is 86.2 cm³/mol. The van der Waals surface area contributed by atoms with E-state index >= 15 is 0 Å². The fourth-order valence-electron chi connectivity index (χ4n) is 1.86. The van der Waals surface area contributed by atoms with Crippen molar-refractivity contribution >= 4 is 22.4 Å². The van der Waals surface area contributed by atoms with Crippen molar-refractivity contribution in [2.75, 3.05) is 5.75 Å². The van der Waals surface area contributed by atoms with Gasteiger partial charge in [-0.05, 0) is 57.2 Å². The Hall–Kier alpha value is -0.600. The van der Waals surface area contributed by atoms with E-state index in [1.54, 1.807) is 0 Å². The minimum Gasteiger partial charge on any atom is -0.259 e. The zero-order chi connectivity index (χ0) is 14.5. The molecule has 1 nitrogen and oxygen atoms in total. The zero-order valence-corrected chi connectivity index (χ0v) is 13.6. The number of hydrogen-bond acceptors (Lipinski definition) is 1. The summed E-state index contributed by atoms with van der Waals surface area (Å²) in [7, 11) is -0.821. The van der Waals surface area contributed by atoms with Crippen LogP contribution in [0.15, 0.2) is 36.9 Å². The van der Waals surface area contributed by atoms with Crippen LogP contribution < -0.4 is 0 Å². The van der Waals surface area contributed by atoms with Crippen LogP contribution in [-0.2, 0) is 17.2 Å². The Labute approximate surface area is 124 Å². The first kappa shape index (κ1) is 16.5. The maximum Gasteiger partial charge on any atom is 0.0406 e. The zero-order valence-electron chi connectivity index (χ0n) is 12.0. The Morgan fingerprint density at radius 3 is 2.37 bits per heavy atom. The van der Waals surface area contributed by atoms with Gasteiger partial charge in [-0.25, -0.2) is 0 Å². The molecule has 0 bridgehead atoms. The molecule has 1 aromatic carbocycles. The molecule has 106 valence electrons. The van der Waals surface area contributed by atoms with Crippen molar-refractivity contribution < 1.29 is 4.21 Å². The smallest absolute Gasteiger partial charge is 0.0406 e. The maximum atomic E-state index is 12.2. The van der Waals surface area contributed by atoms with E-state index < -0.39 is 10.8 Å². The standard InChI is InChI=1S/C16H23ClOS/c1-5-6-14(12-19(18)16(2,3)4)11-13-7-9-15(17)10-8-13/h5,7-10,14H,1,6,11-12H2,2-4H3/t14-,19?/m1/s1. The van der Waals surface area contributed by atoms with Crippen LogP contribution in [-0.4, -0.2) is 14.7 Å². The van der Waals surface area contributed by atoms with Crippen molar-refractivity contribution in [1.82, 2.24) is 0 Å². The number of allylic oxidation sites excluding steroid dienone is 1. The van der Waals surface area contributed by atoms with E-state index in [1.165, 1.54) is 5.56 Å². The molecule has 0 aliphatic rings. The van der Waals surface area contributed by atoms with Crippen LogP contribution in [0.5, 0.6) is 0 Å². The molecule has 2 atom stereocenters. The highest BCUT2D eigenvalue weighted by atomic mass is 35.5. The summed E-state index contributed by atoms with van der Waals surface area (Å²) in [5.74, 6) is 1.09. The molecule has 0 heterocycles. The first-order valence-electron chi connectivity index (χ1n) is 6.56. The van der Waals surface area contributed by atoms with Gasteiger partial charge in [-0.2, -0.15) is 0 Å². The molecule has 0 saturated carbocycles. The summed E-state index contributed by atoms with van der Waals surface area (Å²) in [5.41, 5.74) is 1.24. The van der Waals surface area contributed by atoms with Crippen LogP contribution >= 0.6 is 11.6 Å². The Kier molecular flexibility index (Phi) is 6.28. The summed E-state index contributed by atoms with van der Waals surface area (Å²) in [6.45, 7) is 9.88. The molecule has 0 fully saturated rings. The van der Waals surface area contributed by atoms with E-state index in [9.17, 15) is 4.21 Å². The molecule has 1 rings (SSSR count). The average molecular weight is 299 g/mol. The Morgan fingerprint density at radius 2 is 1.89 bits per heavy atom. The average Bonchev–Trinajstić information content (AvgIpc) is 2.31. The van der Waals surface area contributed by atoms with Crippen LogP contribution in [0.4, 0.5) is 0 Å². The lowest BCUT2D eigenvalue weighted by Crippen LogP contribution is -2.28. The van der Waals surface area contributed by atoms with Gasteiger partial charge in [-0.15, -0.1) is 6.58 Å². The van der Waals surface area contributed by atoms with Crippen LogP contribution in [0.2, 0.25) is 5.02 Å². The van der Waals surface area contributed by atoms with E-state index in [0.29, 0.717) is 5.92 Å². The lowest BCUT2D eigenvalue weighted by molar-refractivity contribution is 0.575. The van der Waals surface area contributed by atoms with Gasteiger partial charge in [0.2, 0.25) is 0 Å². The minimum absolute atomic E-state index is 0.153. The molecular formula is C16H23ClOS. The van der Waals surface area contributed by atoms with E-state index in [0.717, 1.165) is 23.6 Å². The highest BCUT2D eigenvalue weighted by Crippen LogP contribution is 2.20. The summed E-state index contributed by atoms with van der Waals surface area (Å²) in [4.78, 5) is 0. The van der Waals surface area contributed by atoms with Crippen molar-refractivity contribution in [3.05, 3.63) is 47.5 Å². The normalized spacial score (nSPS) is 14.9. The molecular weight excluding hydrogens is 276 g/mol. The summed E-state index contributed by atoms with van der Waals surface area (Å²) in [6.07, 6.45) is 3.73. The molecule has 0 spiro atoms. The second-order valence-electron chi connectivity index (χ2n) is 5.85. The SMILES string of the molecule is C=CC[C@H](Cc1ccc(Cl)cc1)CS(=O)C(C)(C)C. The van der Waals surface area contributed by atoms with Gasteiger partial charge >= 0.3 is 0 Å².